The number of amides is 1. The molecule has 0 aliphatic carbocycles. The highest BCUT2D eigenvalue weighted by Crippen LogP contribution is 2.33. The van der Waals surface area contributed by atoms with Crippen LogP contribution in [0, 0.1) is 0 Å². The van der Waals surface area contributed by atoms with Crippen LogP contribution in [0.5, 0.6) is 5.75 Å². The normalized spacial score (nSPS) is 17.2. The smallest absolute Gasteiger partial charge is 0.275 e. The minimum absolute atomic E-state index is 0.0356. The van der Waals surface area contributed by atoms with Crippen molar-refractivity contribution in [2.24, 2.45) is 0 Å². The molecular formula is C27H33ClN6O2. The Bertz CT molecular complexity index is 1240. The first-order chi connectivity index (χ1) is 17.5. The molecule has 8 nitrogen and oxygen atoms in total. The number of carbonyl (C=O) groups excluding carboxylic acids is 1. The number of methoxy groups -OCH3 is 1. The van der Waals surface area contributed by atoms with E-state index < -0.39 is 0 Å². The van der Waals surface area contributed by atoms with Crippen LogP contribution in [0.15, 0.2) is 42.5 Å². The van der Waals surface area contributed by atoms with Crippen molar-refractivity contribution in [3.8, 4) is 5.75 Å². The maximum Gasteiger partial charge on any atom is 0.275 e. The number of anilines is 2. The van der Waals surface area contributed by atoms with E-state index in [1.807, 2.05) is 47.4 Å². The maximum atomic E-state index is 13.4. The second-order valence-electron chi connectivity index (χ2n) is 9.63. The predicted molar refractivity (Wildman–Crippen MR) is 145 cm³/mol. The Hall–Kier alpha value is -3.10. The Morgan fingerprint density at radius 2 is 1.56 bits per heavy atom. The third-order valence-electron chi connectivity index (χ3n) is 7.26. The van der Waals surface area contributed by atoms with E-state index in [0.29, 0.717) is 29.8 Å². The number of fused-ring (bicyclic) bond motifs is 1. The van der Waals surface area contributed by atoms with Gasteiger partial charge in [0.05, 0.1) is 12.8 Å². The lowest BCUT2D eigenvalue weighted by Crippen LogP contribution is -2.51. The number of benzene rings is 2. The number of nitrogens with zero attached hydrogens (tertiary/aromatic N) is 6. The van der Waals surface area contributed by atoms with Crippen LogP contribution >= 0.6 is 11.6 Å². The highest BCUT2D eigenvalue weighted by molar-refractivity contribution is 6.31. The molecule has 2 saturated heterocycles. The van der Waals surface area contributed by atoms with Gasteiger partial charge in [-0.1, -0.05) is 35.9 Å². The summed E-state index contributed by atoms with van der Waals surface area (Å²) in [4.78, 5) is 22.3. The standard InChI is InChI=1S/C27H33ClN6O2/c1-19(2)31-10-16-34(17-11-31)27(35)25-21-6-4-5-7-22(21)26(30-29-25)33-14-12-32(13-15-33)23-18-20(28)8-9-24(23)36-3/h4-9,18-19H,10-17H2,1-3H3. The van der Waals surface area contributed by atoms with Gasteiger partial charge in [-0.15, -0.1) is 10.2 Å². The van der Waals surface area contributed by atoms with Crippen molar-refractivity contribution in [3.05, 3.63) is 53.2 Å². The highest BCUT2D eigenvalue weighted by atomic mass is 35.5. The van der Waals surface area contributed by atoms with Crippen molar-refractivity contribution in [3.63, 3.8) is 0 Å². The zero-order valence-corrected chi connectivity index (χ0v) is 21.9. The topological polar surface area (TPSA) is 65.0 Å². The molecule has 2 aliphatic rings. The summed E-state index contributed by atoms with van der Waals surface area (Å²) in [5.74, 6) is 1.60. The summed E-state index contributed by atoms with van der Waals surface area (Å²) in [5.41, 5.74) is 1.44. The van der Waals surface area contributed by atoms with Gasteiger partial charge in [0.25, 0.3) is 5.91 Å². The molecule has 36 heavy (non-hydrogen) atoms. The summed E-state index contributed by atoms with van der Waals surface area (Å²) >= 11 is 6.26. The van der Waals surface area contributed by atoms with Crippen LogP contribution in [-0.2, 0) is 0 Å². The molecule has 190 valence electrons. The average molecular weight is 509 g/mol. The van der Waals surface area contributed by atoms with Crippen molar-refractivity contribution in [2.75, 3.05) is 69.3 Å². The molecule has 0 radical (unpaired) electrons. The first kappa shape index (κ1) is 24.6. The molecule has 0 atom stereocenters. The Morgan fingerprint density at radius 1 is 0.889 bits per heavy atom. The lowest BCUT2D eigenvalue weighted by molar-refractivity contribution is 0.0591. The van der Waals surface area contributed by atoms with Crippen molar-refractivity contribution >= 4 is 39.8 Å². The summed E-state index contributed by atoms with van der Waals surface area (Å²) < 4.78 is 5.55. The molecule has 9 heteroatoms. The molecule has 0 N–H and O–H groups in total. The second kappa shape index (κ2) is 10.5. The Kier molecular flexibility index (Phi) is 7.16. The van der Waals surface area contributed by atoms with E-state index in [1.165, 1.54) is 0 Å². The summed E-state index contributed by atoms with van der Waals surface area (Å²) in [7, 11) is 1.68. The summed E-state index contributed by atoms with van der Waals surface area (Å²) in [5, 5.41) is 11.6. The molecule has 1 aromatic heterocycles. The first-order valence-electron chi connectivity index (χ1n) is 12.6. The Labute approximate surface area is 217 Å². The number of ether oxygens (including phenoxy) is 1. The van der Waals surface area contributed by atoms with Gasteiger partial charge in [0.2, 0.25) is 0 Å². The van der Waals surface area contributed by atoms with Crippen LogP contribution in [0.3, 0.4) is 0 Å². The molecular weight excluding hydrogens is 476 g/mol. The molecule has 0 saturated carbocycles. The number of carbonyl (C=O) groups is 1. The van der Waals surface area contributed by atoms with Gasteiger partial charge in [0, 0.05) is 74.2 Å². The highest BCUT2D eigenvalue weighted by Gasteiger charge is 2.28. The van der Waals surface area contributed by atoms with Crippen LogP contribution in [0.25, 0.3) is 10.8 Å². The summed E-state index contributed by atoms with van der Waals surface area (Å²) in [6.07, 6.45) is 0. The molecule has 2 aliphatic heterocycles. The van der Waals surface area contributed by atoms with E-state index >= 15 is 0 Å². The number of rotatable bonds is 5. The van der Waals surface area contributed by atoms with Gasteiger partial charge in [0.15, 0.2) is 11.5 Å². The van der Waals surface area contributed by atoms with E-state index in [4.69, 9.17) is 16.3 Å². The van der Waals surface area contributed by atoms with Crippen molar-refractivity contribution < 1.29 is 9.53 Å². The van der Waals surface area contributed by atoms with E-state index in [-0.39, 0.29) is 5.91 Å². The molecule has 3 aromatic rings. The van der Waals surface area contributed by atoms with Gasteiger partial charge < -0.3 is 19.4 Å². The first-order valence-corrected chi connectivity index (χ1v) is 13.0. The fourth-order valence-electron chi connectivity index (χ4n) is 5.14. The van der Waals surface area contributed by atoms with Crippen molar-refractivity contribution in [1.29, 1.82) is 0 Å². The predicted octanol–water partition coefficient (Wildman–Crippen LogP) is 3.78. The van der Waals surface area contributed by atoms with E-state index in [9.17, 15) is 4.79 Å². The van der Waals surface area contributed by atoms with Crippen LogP contribution in [0.1, 0.15) is 24.3 Å². The number of hydrogen-bond donors (Lipinski definition) is 0. The number of piperazine rings is 2. The third-order valence-corrected chi connectivity index (χ3v) is 7.50. The summed E-state index contributed by atoms with van der Waals surface area (Å²) in [6, 6.07) is 14.2. The molecule has 5 rings (SSSR count). The van der Waals surface area contributed by atoms with Crippen molar-refractivity contribution in [2.45, 2.75) is 19.9 Å². The van der Waals surface area contributed by atoms with Crippen LogP contribution in [-0.4, -0.2) is 91.4 Å². The van der Waals surface area contributed by atoms with Gasteiger partial charge in [0.1, 0.15) is 5.75 Å². The summed E-state index contributed by atoms with van der Waals surface area (Å²) in [6.45, 7) is 10.7. The van der Waals surface area contributed by atoms with Crippen molar-refractivity contribution in [1.82, 2.24) is 20.0 Å². The Balaban J connectivity index is 1.35. The molecule has 0 bridgehead atoms. The van der Waals surface area contributed by atoms with Gasteiger partial charge >= 0.3 is 0 Å². The lowest BCUT2D eigenvalue weighted by atomic mass is 10.1. The number of aromatic nitrogens is 2. The minimum atomic E-state index is -0.0356. The van der Waals surface area contributed by atoms with E-state index in [2.05, 4.69) is 38.7 Å². The van der Waals surface area contributed by atoms with Crippen LogP contribution < -0.4 is 14.5 Å². The average Bonchev–Trinajstić information content (AvgIpc) is 2.92. The zero-order chi connectivity index (χ0) is 25.2. The monoisotopic (exact) mass is 508 g/mol. The quantitative estimate of drug-likeness (QED) is 0.519. The molecule has 0 unspecified atom stereocenters. The van der Waals surface area contributed by atoms with Gasteiger partial charge in [-0.3, -0.25) is 9.69 Å². The second-order valence-corrected chi connectivity index (χ2v) is 10.1. The fraction of sp³-hybridized carbons (Fsp3) is 0.444. The minimum Gasteiger partial charge on any atom is -0.495 e. The maximum absolute atomic E-state index is 13.4. The SMILES string of the molecule is COc1ccc(Cl)cc1N1CCN(c2nnc(C(=O)N3CCN(C(C)C)CC3)c3ccccc23)CC1. The zero-order valence-electron chi connectivity index (χ0n) is 21.2. The molecule has 1 amide bonds. The molecule has 2 aromatic carbocycles. The fourth-order valence-corrected chi connectivity index (χ4v) is 5.31. The lowest BCUT2D eigenvalue weighted by Gasteiger charge is -2.38. The van der Waals surface area contributed by atoms with Crippen LogP contribution in [0.4, 0.5) is 11.5 Å². The van der Waals surface area contributed by atoms with E-state index in [1.54, 1.807) is 7.11 Å². The molecule has 3 heterocycles. The van der Waals surface area contributed by atoms with Gasteiger partial charge in [-0.2, -0.15) is 0 Å². The molecule has 2 fully saturated rings. The number of halogens is 1. The Morgan fingerprint density at radius 3 is 2.22 bits per heavy atom. The third kappa shape index (κ3) is 4.80. The molecule has 0 spiro atoms. The number of hydrogen-bond acceptors (Lipinski definition) is 7. The van der Waals surface area contributed by atoms with E-state index in [0.717, 1.165) is 67.3 Å². The van der Waals surface area contributed by atoms with Gasteiger partial charge in [-0.25, -0.2) is 0 Å². The largest absolute Gasteiger partial charge is 0.495 e. The van der Waals surface area contributed by atoms with Gasteiger partial charge in [-0.05, 0) is 32.0 Å². The van der Waals surface area contributed by atoms with Crippen LogP contribution in [0.2, 0.25) is 5.02 Å².